The first-order valence-electron chi connectivity index (χ1n) is 9.28. The average molecular weight is 353 g/mol. The second-order valence-electron chi connectivity index (χ2n) is 7.91. The van der Waals surface area contributed by atoms with Crippen LogP contribution in [-0.2, 0) is 6.42 Å². The largest absolute Gasteiger partial charge is 0.508 e. The smallest absolute Gasteiger partial charge is 0.176 e. The van der Waals surface area contributed by atoms with E-state index in [0.717, 1.165) is 18.7 Å². The molecule has 2 fully saturated rings. The summed E-state index contributed by atoms with van der Waals surface area (Å²) in [6, 6.07) is 16.3. The molecule has 4 rings (SSSR count). The lowest BCUT2D eigenvalue weighted by molar-refractivity contribution is 0.0930. The van der Waals surface area contributed by atoms with E-state index >= 15 is 4.39 Å². The van der Waals surface area contributed by atoms with Gasteiger partial charge in [0.2, 0.25) is 0 Å². The van der Waals surface area contributed by atoms with E-state index in [1.165, 1.54) is 12.1 Å². The summed E-state index contributed by atoms with van der Waals surface area (Å²) in [5.41, 5.74) is 0.571. The van der Waals surface area contributed by atoms with Crippen molar-refractivity contribution in [2.24, 2.45) is 11.8 Å². The summed E-state index contributed by atoms with van der Waals surface area (Å²) < 4.78 is 15.3. The molecule has 2 aromatic rings. The maximum absolute atomic E-state index is 15.3. The Kier molecular flexibility index (Phi) is 4.53. The summed E-state index contributed by atoms with van der Waals surface area (Å²) in [4.78, 5) is 14.6. The normalized spacial score (nSPS) is 28.2. The number of alkyl halides is 1. The fourth-order valence-electron chi connectivity index (χ4n) is 4.70. The molecular formula is C22H24FNO2. The molecule has 1 saturated carbocycles. The number of phenols is 1. The predicted molar refractivity (Wildman–Crippen MR) is 99.1 cm³/mol. The molecule has 0 bridgehead atoms. The molecule has 3 atom stereocenters. The van der Waals surface area contributed by atoms with Crippen molar-refractivity contribution in [2.45, 2.75) is 24.9 Å². The Bertz CT molecular complexity index is 760. The van der Waals surface area contributed by atoms with Gasteiger partial charge in [-0.05, 0) is 54.5 Å². The number of phenolic OH excluding ortho intramolecular Hbond substituents is 1. The molecule has 1 heterocycles. The van der Waals surface area contributed by atoms with Crippen LogP contribution in [0.2, 0.25) is 0 Å². The first-order valence-corrected chi connectivity index (χ1v) is 9.28. The number of benzene rings is 2. The van der Waals surface area contributed by atoms with E-state index in [1.807, 2.05) is 30.3 Å². The van der Waals surface area contributed by atoms with Gasteiger partial charge in [0.05, 0.1) is 6.54 Å². The SMILES string of the molecule is O=C(CN1CC2C[C@](F)(Cc3ccccc3)C[C@@H]2C1)c1ccc(O)cc1. The fourth-order valence-corrected chi connectivity index (χ4v) is 4.70. The molecule has 2 aliphatic rings. The van der Waals surface area contributed by atoms with Crippen LogP contribution >= 0.6 is 0 Å². The molecular weight excluding hydrogens is 329 g/mol. The molecule has 26 heavy (non-hydrogen) atoms. The number of carbonyl (C=O) groups excluding carboxylic acids is 1. The predicted octanol–water partition coefficient (Wildman–Crippen LogP) is 3.87. The molecule has 0 aromatic heterocycles. The highest BCUT2D eigenvalue weighted by atomic mass is 19.1. The van der Waals surface area contributed by atoms with Crippen molar-refractivity contribution in [3.05, 3.63) is 65.7 Å². The molecule has 1 aliphatic heterocycles. The number of carbonyl (C=O) groups is 1. The van der Waals surface area contributed by atoms with Gasteiger partial charge in [-0.1, -0.05) is 30.3 Å². The summed E-state index contributed by atoms with van der Waals surface area (Å²) in [6.07, 6.45) is 1.68. The first kappa shape index (κ1) is 17.2. The molecule has 4 heteroatoms. The zero-order valence-electron chi connectivity index (χ0n) is 14.8. The van der Waals surface area contributed by atoms with Crippen LogP contribution in [0.4, 0.5) is 4.39 Å². The standard InChI is InChI=1S/C22H24FNO2/c23-22(10-16-4-2-1-3-5-16)11-18-13-24(14-19(18)12-22)15-21(26)17-6-8-20(25)9-7-17/h1-9,18-19,25H,10-15H2/t18-,19?,22+/m1/s1. The molecule has 1 unspecified atom stereocenters. The highest BCUT2D eigenvalue weighted by Crippen LogP contribution is 2.47. The maximum atomic E-state index is 15.3. The minimum atomic E-state index is -1.11. The second kappa shape index (κ2) is 6.84. The molecule has 1 aliphatic carbocycles. The lowest BCUT2D eigenvalue weighted by Gasteiger charge is -2.23. The van der Waals surface area contributed by atoms with Crippen molar-refractivity contribution in [3.63, 3.8) is 0 Å². The number of ketones is 1. The van der Waals surface area contributed by atoms with Gasteiger partial charge in [-0.15, -0.1) is 0 Å². The van der Waals surface area contributed by atoms with Crippen molar-refractivity contribution in [1.82, 2.24) is 4.90 Å². The van der Waals surface area contributed by atoms with Gasteiger partial charge in [0.1, 0.15) is 11.4 Å². The van der Waals surface area contributed by atoms with E-state index in [4.69, 9.17) is 0 Å². The van der Waals surface area contributed by atoms with Gasteiger partial charge >= 0.3 is 0 Å². The zero-order valence-corrected chi connectivity index (χ0v) is 14.8. The van der Waals surface area contributed by atoms with Crippen molar-refractivity contribution < 1.29 is 14.3 Å². The highest BCUT2D eigenvalue weighted by Gasteiger charge is 2.49. The molecule has 3 nitrogen and oxygen atoms in total. The number of rotatable bonds is 5. The number of Topliss-reactive ketones (excluding diaryl/α,β-unsaturated/α-hetero) is 1. The third kappa shape index (κ3) is 3.65. The van der Waals surface area contributed by atoms with Gasteiger partial charge in [-0.25, -0.2) is 4.39 Å². The number of aromatic hydroxyl groups is 1. The van der Waals surface area contributed by atoms with Crippen LogP contribution in [-0.4, -0.2) is 41.1 Å². The van der Waals surface area contributed by atoms with Gasteiger partial charge < -0.3 is 5.11 Å². The molecule has 0 spiro atoms. The highest BCUT2D eigenvalue weighted by molar-refractivity contribution is 5.97. The number of hydrogen-bond acceptors (Lipinski definition) is 3. The summed E-state index contributed by atoms with van der Waals surface area (Å²) >= 11 is 0. The Labute approximate surface area is 153 Å². The quantitative estimate of drug-likeness (QED) is 0.830. The topological polar surface area (TPSA) is 40.5 Å². The number of hydrogen-bond donors (Lipinski definition) is 1. The van der Waals surface area contributed by atoms with Gasteiger partial charge in [0.25, 0.3) is 0 Å². The van der Waals surface area contributed by atoms with Crippen molar-refractivity contribution in [2.75, 3.05) is 19.6 Å². The Morgan fingerprint density at radius 2 is 1.65 bits per heavy atom. The lowest BCUT2D eigenvalue weighted by Crippen LogP contribution is -2.31. The summed E-state index contributed by atoms with van der Waals surface area (Å²) in [7, 11) is 0. The van der Waals surface area contributed by atoms with E-state index in [9.17, 15) is 9.90 Å². The van der Waals surface area contributed by atoms with Crippen LogP contribution in [0.15, 0.2) is 54.6 Å². The Morgan fingerprint density at radius 3 is 2.27 bits per heavy atom. The maximum Gasteiger partial charge on any atom is 0.176 e. The van der Waals surface area contributed by atoms with Crippen molar-refractivity contribution >= 4 is 5.78 Å². The third-order valence-corrected chi connectivity index (χ3v) is 5.83. The summed E-state index contributed by atoms with van der Waals surface area (Å²) in [5.74, 6) is 0.906. The van der Waals surface area contributed by atoms with E-state index < -0.39 is 5.67 Å². The van der Waals surface area contributed by atoms with Gasteiger partial charge in [0, 0.05) is 25.1 Å². The minimum Gasteiger partial charge on any atom is -0.508 e. The van der Waals surface area contributed by atoms with Crippen LogP contribution in [0, 0.1) is 11.8 Å². The molecule has 136 valence electrons. The molecule has 2 aromatic carbocycles. The number of fused-ring (bicyclic) bond motifs is 1. The molecule has 1 saturated heterocycles. The van der Waals surface area contributed by atoms with Crippen LogP contribution in [0.3, 0.4) is 0 Å². The molecule has 1 N–H and O–H groups in total. The number of nitrogens with zero attached hydrogens (tertiary/aromatic N) is 1. The minimum absolute atomic E-state index is 0.0563. The van der Waals surface area contributed by atoms with Crippen molar-refractivity contribution in [1.29, 1.82) is 0 Å². The summed E-state index contributed by atoms with van der Waals surface area (Å²) in [5, 5.41) is 9.33. The van der Waals surface area contributed by atoms with E-state index in [-0.39, 0.29) is 11.5 Å². The number of halogens is 1. The van der Waals surface area contributed by atoms with Gasteiger partial charge in [-0.3, -0.25) is 9.69 Å². The van der Waals surface area contributed by atoms with E-state index in [1.54, 1.807) is 12.1 Å². The summed E-state index contributed by atoms with van der Waals surface area (Å²) in [6.45, 7) is 1.97. The fraction of sp³-hybridized carbons (Fsp3) is 0.409. The van der Waals surface area contributed by atoms with Crippen LogP contribution in [0.5, 0.6) is 5.75 Å². The molecule has 0 radical (unpaired) electrons. The van der Waals surface area contributed by atoms with Gasteiger partial charge in [0.15, 0.2) is 5.78 Å². The Hall–Kier alpha value is -2.20. The monoisotopic (exact) mass is 353 g/mol. The lowest BCUT2D eigenvalue weighted by atomic mass is 9.93. The van der Waals surface area contributed by atoms with E-state index in [2.05, 4.69) is 4.90 Å². The van der Waals surface area contributed by atoms with Gasteiger partial charge in [-0.2, -0.15) is 0 Å². The van der Waals surface area contributed by atoms with Crippen molar-refractivity contribution in [3.8, 4) is 5.75 Å². The first-order chi connectivity index (χ1) is 12.5. The zero-order chi connectivity index (χ0) is 18.1. The van der Waals surface area contributed by atoms with Crippen LogP contribution in [0.25, 0.3) is 0 Å². The number of likely N-dealkylation sites (tertiary alicyclic amines) is 1. The second-order valence-corrected chi connectivity index (χ2v) is 7.91. The average Bonchev–Trinajstić information content (AvgIpc) is 3.10. The van der Waals surface area contributed by atoms with Crippen LogP contribution in [0.1, 0.15) is 28.8 Å². The van der Waals surface area contributed by atoms with E-state index in [0.29, 0.717) is 43.2 Å². The van der Waals surface area contributed by atoms with Crippen LogP contribution < -0.4 is 0 Å². The third-order valence-electron chi connectivity index (χ3n) is 5.83. The Balaban J connectivity index is 1.33. The Morgan fingerprint density at radius 1 is 1.04 bits per heavy atom. The molecule has 0 amide bonds.